The molecule has 2 heterocycles. The van der Waals surface area contributed by atoms with Gasteiger partial charge in [-0.05, 0) is 48.9 Å². The number of halogens is 2. The van der Waals surface area contributed by atoms with Gasteiger partial charge in [0.2, 0.25) is 11.8 Å². The van der Waals surface area contributed by atoms with Gasteiger partial charge in [0, 0.05) is 22.8 Å². The Hall–Kier alpha value is -3.98. The van der Waals surface area contributed by atoms with Crippen molar-refractivity contribution < 1.29 is 18.0 Å². The standard InChI is InChI=1S/C23H14F2N4O2S/c1-12-4-2-3-5-15(12)22-29-28-21(31-22)14-8-6-13(7-9-14)20(30)27-23-26-18-10-16(24)17(25)11-19(18)32-23/h2-11H,1H3,(H,26,27,30). The van der Waals surface area contributed by atoms with E-state index >= 15 is 0 Å². The number of hydrogen-bond acceptors (Lipinski definition) is 6. The Morgan fingerprint density at radius 1 is 0.969 bits per heavy atom. The first-order valence-electron chi connectivity index (χ1n) is 9.55. The van der Waals surface area contributed by atoms with Gasteiger partial charge in [-0.25, -0.2) is 13.8 Å². The summed E-state index contributed by atoms with van der Waals surface area (Å²) in [5, 5.41) is 11.1. The Labute approximate surface area is 184 Å². The molecule has 6 nitrogen and oxygen atoms in total. The second-order valence-corrected chi connectivity index (χ2v) is 8.04. The van der Waals surface area contributed by atoms with Crippen LogP contribution in [0.2, 0.25) is 0 Å². The molecule has 0 aliphatic carbocycles. The molecule has 0 fully saturated rings. The highest BCUT2D eigenvalue weighted by Crippen LogP contribution is 2.29. The van der Waals surface area contributed by atoms with E-state index in [1.807, 2.05) is 31.2 Å². The molecule has 1 N–H and O–H groups in total. The maximum atomic E-state index is 13.4. The molecule has 0 radical (unpaired) electrons. The summed E-state index contributed by atoms with van der Waals surface area (Å²) in [6, 6.07) is 16.4. The molecule has 3 aromatic carbocycles. The lowest BCUT2D eigenvalue weighted by atomic mass is 10.1. The number of nitrogens with zero attached hydrogens (tertiary/aromatic N) is 3. The predicted molar refractivity (Wildman–Crippen MR) is 117 cm³/mol. The summed E-state index contributed by atoms with van der Waals surface area (Å²) >= 11 is 1.06. The topological polar surface area (TPSA) is 80.9 Å². The zero-order valence-corrected chi connectivity index (χ0v) is 17.4. The lowest BCUT2D eigenvalue weighted by Gasteiger charge is -2.02. The van der Waals surface area contributed by atoms with Crippen LogP contribution in [0, 0.1) is 18.6 Å². The first-order valence-corrected chi connectivity index (χ1v) is 10.4. The van der Waals surface area contributed by atoms with E-state index < -0.39 is 17.5 Å². The summed E-state index contributed by atoms with van der Waals surface area (Å²) in [5.41, 5.74) is 3.21. The molecule has 1 amide bonds. The highest BCUT2D eigenvalue weighted by atomic mass is 32.1. The largest absolute Gasteiger partial charge is 0.416 e. The third kappa shape index (κ3) is 3.74. The molecule has 0 aliphatic heterocycles. The van der Waals surface area contributed by atoms with Crippen LogP contribution < -0.4 is 5.32 Å². The van der Waals surface area contributed by atoms with Gasteiger partial charge in [0.15, 0.2) is 16.8 Å². The maximum Gasteiger partial charge on any atom is 0.257 e. The van der Waals surface area contributed by atoms with Crippen LogP contribution in [-0.4, -0.2) is 21.1 Å². The zero-order valence-electron chi connectivity index (χ0n) is 16.6. The highest BCUT2D eigenvalue weighted by molar-refractivity contribution is 7.22. The van der Waals surface area contributed by atoms with Gasteiger partial charge in [0.05, 0.1) is 10.2 Å². The SMILES string of the molecule is Cc1ccccc1-c1nnc(-c2ccc(C(=O)Nc3nc4cc(F)c(F)cc4s3)cc2)o1. The summed E-state index contributed by atoms with van der Waals surface area (Å²) < 4.78 is 33.0. The molecular weight excluding hydrogens is 434 g/mol. The van der Waals surface area contributed by atoms with Crippen LogP contribution in [0.15, 0.2) is 65.1 Å². The highest BCUT2D eigenvalue weighted by Gasteiger charge is 2.15. The summed E-state index contributed by atoms with van der Waals surface area (Å²) in [5.74, 6) is -1.58. The molecule has 0 bridgehead atoms. The van der Waals surface area contributed by atoms with Gasteiger partial charge in [0.1, 0.15) is 0 Å². The summed E-state index contributed by atoms with van der Waals surface area (Å²) in [6.07, 6.45) is 0. The Bertz CT molecular complexity index is 1420. The van der Waals surface area contributed by atoms with Crippen LogP contribution in [0.25, 0.3) is 33.1 Å². The van der Waals surface area contributed by atoms with Gasteiger partial charge in [-0.15, -0.1) is 10.2 Å². The minimum Gasteiger partial charge on any atom is -0.416 e. The molecule has 2 aromatic heterocycles. The van der Waals surface area contributed by atoms with Crippen LogP contribution in [0.5, 0.6) is 0 Å². The van der Waals surface area contributed by atoms with Crippen LogP contribution >= 0.6 is 11.3 Å². The van der Waals surface area contributed by atoms with Crippen LogP contribution in [0.1, 0.15) is 15.9 Å². The van der Waals surface area contributed by atoms with Crippen molar-refractivity contribution in [2.45, 2.75) is 6.92 Å². The van der Waals surface area contributed by atoms with Gasteiger partial charge in [-0.2, -0.15) is 0 Å². The molecule has 0 spiro atoms. The first kappa shape index (κ1) is 20.0. The van der Waals surface area contributed by atoms with Crippen molar-refractivity contribution in [3.8, 4) is 22.9 Å². The van der Waals surface area contributed by atoms with E-state index in [2.05, 4.69) is 20.5 Å². The molecule has 0 saturated carbocycles. The van der Waals surface area contributed by atoms with Crippen molar-refractivity contribution in [1.29, 1.82) is 0 Å². The molecule has 9 heteroatoms. The van der Waals surface area contributed by atoms with E-state index in [1.165, 1.54) is 0 Å². The minimum absolute atomic E-state index is 0.249. The number of anilines is 1. The van der Waals surface area contributed by atoms with Crippen LogP contribution in [-0.2, 0) is 0 Å². The molecule has 5 aromatic rings. The van der Waals surface area contributed by atoms with E-state index in [0.717, 1.165) is 34.6 Å². The Morgan fingerprint density at radius 2 is 1.69 bits per heavy atom. The second-order valence-electron chi connectivity index (χ2n) is 7.01. The number of carbonyl (C=O) groups excluding carboxylic acids is 1. The lowest BCUT2D eigenvalue weighted by molar-refractivity contribution is 0.102. The molecule has 0 saturated heterocycles. The molecular formula is C23H14F2N4O2S. The van der Waals surface area contributed by atoms with E-state index in [1.54, 1.807) is 24.3 Å². The van der Waals surface area contributed by atoms with Crippen molar-refractivity contribution in [3.05, 3.63) is 83.4 Å². The molecule has 0 aliphatic rings. The van der Waals surface area contributed by atoms with Crippen LogP contribution in [0.4, 0.5) is 13.9 Å². The minimum atomic E-state index is -0.983. The summed E-state index contributed by atoms with van der Waals surface area (Å²) in [4.78, 5) is 16.7. The third-order valence-corrected chi connectivity index (χ3v) is 5.78. The monoisotopic (exact) mass is 448 g/mol. The summed E-state index contributed by atoms with van der Waals surface area (Å²) in [7, 11) is 0. The second kappa shape index (κ2) is 7.93. The Balaban J connectivity index is 1.34. The lowest BCUT2D eigenvalue weighted by Crippen LogP contribution is -2.11. The molecule has 0 unspecified atom stereocenters. The van der Waals surface area contributed by atoms with Gasteiger partial charge >= 0.3 is 0 Å². The number of aromatic nitrogens is 3. The Kier molecular flexibility index (Phi) is 4.95. The van der Waals surface area contributed by atoms with Crippen molar-refractivity contribution in [2.24, 2.45) is 0 Å². The smallest absolute Gasteiger partial charge is 0.257 e. The van der Waals surface area contributed by atoms with Crippen molar-refractivity contribution in [3.63, 3.8) is 0 Å². The molecule has 158 valence electrons. The van der Waals surface area contributed by atoms with Crippen molar-refractivity contribution in [2.75, 3.05) is 5.32 Å². The van der Waals surface area contributed by atoms with Gasteiger partial charge < -0.3 is 4.42 Å². The Morgan fingerprint density at radius 3 is 2.47 bits per heavy atom. The van der Waals surface area contributed by atoms with Gasteiger partial charge in [0.25, 0.3) is 5.91 Å². The number of thiazole rings is 1. The van der Waals surface area contributed by atoms with Gasteiger partial charge in [-0.3, -0.25) is 10.1 Å². The average Bonchev–Trinajstić information content (AvgIpc) is 3.41. The van der Waals surface area contributed by atoms with Crippen molar-refractivity contribution >= 4 is 32.6 Å². The number of carbonyl (C=O) groups is 1. The van der Waals surface area contributed by atoms with Gasteiger partial charge in [-0.1, -0.05) is 29.5 Å². The number of benzene rings is 3. The third-order valence-electron chi connectivity index (χ3n) is 4.85. The predicted octanol–water partition coefficient (Wildman–Crippen LogP) is 5.85. The fraction of sp³-hybridized carbons (Fsp3) is 0.0435. The van der Waals surface area contributed by atoms with E-state index in [0.29, 0.717) is 27.6 Å². The quantitative estimate of drug-likeness (QED) is 0.373. The molecule has 0 atom stereocenters. The molecule has 5 rings (SSSR count). The number of hydrogen-bond donors (Lipinski definition) is 1. The average molecular weight is 448 g/mol. The summed E-state index contributed by atoms with van der Waals surface area (Å²) in [6.45, 7) is 1.96. The van der Waals surface area contributed by atoms with E-state index in [-0.39, 0.29) is 10.6 Å². The number of rotatable bonds is 4. The number of amides is 1. The van der Waals surface area contributed by atoms with Crippen molar-refractivity contribution in [1.82, 2.24) is 15.2 Å². The number of fused-ring (bicyclic) bond motifs is 1. The fourth-order valence-electron chi connectivity index (χ4n) is 3.17. The maximum absolute atomic E-state index is 13.4. The number of aryl methyl sites for hydroxylation is 1. The molecule has 32 heavy (non-hydrogen) atoms. The zero-order chi connectivity index (χ0) is 22.2. The normalized spacial score (nSPS) is 11.1. The number of nitrogens with one attached hydrogen (secondary N) is 1. The van der Waals surface area contributed by atoms with Crippen LogP contribution in [0.3, 0.4) is 0 Å². The fourth-order valence-corrected chi connectivity index (χ4v) is 4.04. The van der Waals surface area contributed by atoms with E-state index in [9.17, 15) is 13.6 Å². The van der Waals surface area contributed by atoms with E-state index in [4.69, 9.17) is 4.42 Å². The first-order chi connectivity index (χ1) is 15.5.